The zero-order valence-corrected chi connectivity index (χ0v) is 18.6. The van der Waals surface area contributed by atoms with Crippen LogP contribution in [0.1, 0.15) is 16.7 Å². The first kappa shape index (κ1) is 21.9. The van der Waals surface area contributed by atoms with Crippen LogP contribution in [0.5, 0.6) is 5.75 Å². The second-order valence-electron chi connectivity index (χ2n) is 7.21. The van der Waals surface area contributed by atoms with Crippen molar-refractivity contribution in [2.45, 2.75) is 13.0 Å². The van der Waals surface area contributed by atoms with E-state index in [-0.39, 0.29) is 12.3 Å². The van der Waals surface area contributed by atoms with E-state index in [0.717, 1.165) is 27.5 Å². The highest BCUT2D eigenvalue weighted by Crippen LogP contribution is 2.27. The molecule has 4 rings (SSSR count). The topological polar surface area (TPSA) is 50.7 Å². The average molecular weight is 463 g/mol. The van der Waals surface area contributed by atoms with Crippen LogP contribution in [-0.4, -0.2) is 12.1 Å². The Morgan fingerprint density at radius 2 is 1.50 bits per heavy atom. The number of hydrogen-bond acceptors (Lipinski definition) is 3. The van der Waals surface area contributed by atoms with E-state index >= 15 is 0 Å². The lowest BCUT2D eigenvalue weighted by atomic mass is 10.0. The predicted molar refractivity (Wildman–Crippen MR) is 131 cm³/mol. The molecule has 0 saturated heterocycles. The van der Waals surface area contributed by atoms with Gasteiger partial charge in [-0.2, -0.15) is 5.10 Å². The number of nitrogens with one attached hydrogen (secondary N) is 1. The van der Waals surface area contributed by atoms with Crippen molar-refractivity contribution >= 4 is 46.1 Å². The van der Waals surface area contributed by atoms with Gasteiger partial charge in [-0.3, -0.25) is 4.79 Å². The van der Waals surface area contributed by atoms with Crippen molar-refractivity contribution in [2.75, 3.05) is 0 Å². The summed E-state index contributed by atoms with van der Waals surface area (Å²) in [4.78, 5) is 12.3. The summed E-state index contributed by atoms with van der Waals surface area (Å²) in [6.45, 7) is 0.388. The number of fused-ring (bicyclic) bond motifs is 1. The lowest BCUT2D eigenvalue weighted by molar-refractivity contribution is -0.120. The Bertz CT molecular complexity index is 1250. The lowest BCUT2D eigenvalue weighted by Crippen LogP contribution is -2.19. The molecule has 0 radical (unpaired) electrons. The van der Waals surface area contributed by atoms with Gasteiger partial charge in [-0.25, -0.2) is 5.43 Å². The molecule has 1 amide bonds. The third-order valence-electron chi connectivity index (χ3n) is 4.90. The van der Waals surface area contributed by atoms with Crippen LogP contribution < -0.4 is 10.2 Å². The van der Waals surface area contributed by atoms with Gasteiger partial charge in [-0.15, -0.1) is 0 Å². The minimum absolute atomic E-state index is 0.212. The fourth-order valence-corrected chi connectivity index (χ4v) is 3.52. The number of hydrazone groups is 1. The second kappa shape index (κ2) is 10.3. The van der Waals surface area contributed by atoms with E-state index in [4.69, 9.17) is 27.9 Å². The minimum atomic E-state index is -0.215. The highest BCUT2D eigenvalue weighted by Gasteiger charge is 2.08. The maximum Gasteiger partial charge on any atom is 0.244 e. The predicted octanol–water partition coefficient (Wildman–Crippen LogP) is 6.42. The number of ether oxygens (including phenoxy) is 1. The first-order valence-corrected chi connectivity index (χ1v) is 10.8. The van der Waals surface area contributed by atoms with Crippen molar-refractivity contribution in [1.29, 1.82) is 0 Å². The number of benzene rings is 4. The Morgan fingerprint density at radius 1 is 0.844 bits per heavy atom. The Hall–Kier alpha value is -3.34. The molecule has 0 aliphatic rings. The fourth-order valence-electron chi connectivity index (χ4n) is 3.27. The van der Waals surface area contributed by atoms with Crippen LogP contribution in [0.2, 0.25) is 10.0 Å². The first-order chi connectivity index (χ1) is 15.6. The van der Waals surface area contributed by atoms with Crippen LogP contribution in [0.15, 0.2) is 90.0 Å². The van der Waals surface area contributed by atoms with Gasteiger partial charge < -0.3 is 4.74 Å². The summed E-state index contributed by atoms with van der Waals surface area (Å²) in [6, 6.07) is 26.5. The minimum Gasteiger partial charge on any atom is -0.488 e. The van der Waals surface area contributed by atoms with E-state index in [1.165, 1.54) is 0 Å². The van der Waals surface area contributed by atoms with Crippen LogP contribution in [0.3, 0.4) is 0 Å². The molecule has 32 heavy (non-hydrogen) atoms. The van der Waals surface area contributed by atoms with Gasteiger partial charge in [0.05, 0.1) is 12.6 Å². The molecular formula is C26H20Cl2N2O2. The van der Waals surface area contributed by atoms with Crippen molar-refractivity contribution in [3.63, 3.8) is 0 Å². The van der Waals surface area contributed by atoms with Crippen LogP contribution in [-0.2, 0) is 17.8 Å². The highest BCUT2D eigenvalue weighted by atomic mass is 35.5. The maximum absolute atomic E-state index is 12.3. The van der Waals surface area contributed by atoms with Gasteiger partial charge in [0.25, 0.3) is 0 Å². The molecule has 1 N–H and O–H groups in total. The molecule has 0 bridgehead atoms. The molecule has 4 aromatic carbocycles. The van der Waals surface area contributed by atoms with Gasteiger partial charge in [0.15, 0.2) is 0 Å². The van der Waals surface area contributed by atoms with Crippen LogP contribution >= 0.6 is 23.2 Å². The number of halogens is 2. The van der Waals surface area contributed by atoms with Crippen LogP contribution in [0.25, 0.3) is 10.8 Å². The van der Waals surface area contributed by atoms with Crippen molar-refractivity contribution in [3.8, 4) is 5.75 Å². The van der Waals surface area contributed by atoms with E-state index in [9.17, 15) is 4.79 Å². The molecule has 0 fully saturated rings. The molecule has 6 heteroatoms. The quantitative estimate of drug-likeness (QED) is 0.254. The number of amides is 1. The molecule has 0 unspecified atom stereocenters. The van der Waals surface area contributed by atoms with Gasteiger partial charge in [-0.05, 0) is 52.2 Å². The molecule has 0 spiro atoms. The average Bonchev–Trinajstić information content (AvgIpc) is 2.81. The highest BCUT2D eigenvalue weighted by molar-refractivity contribution is 6.30. The summed E-state index contributed by atoms with van der Waals surface area (Å²) >= 11 is 11.9. The van der Waals surface area contributed by atoms with Crippen LogP contribution in [0.4, 0.5) is 0 Å². The fraction of sp³-hybridized carbons (Fsp3) is 0.0769. The van der Waals surface area contributed by atoms with Crippen molar-refractivity contribution in [3.05, 3.63) is 112 Å². The summed E-state index contributed by atoms with van der Waals surface area (Å²) < 4.78 is 6.08. The Labute approximate surface area is 196 Å². The summed E-state index contributed by atoms with van der Waals surface area (Å²) in [5, 5.41) is 7.54. The third-order valence-corrected chi connectivity index (χ3v) is 5.40. The smallest absolute Gasteiger partial charge is 0.244 e. The Balaban J connectivity index is 1.51. The normalized spacial score (nSPS) is 11.1. The van der Waals surface area contributed by atoms with E-state index in [0.29, 0.717) is 22.4 Å². The number of carbonyl (C=O) groups excluding carboxylic acids is 1. The van der Waals surface area contributed by atoms with E-state index in [1.807, 2.05) is 72.8 Å². The molecular weight excluding hydrogens is 443 g/mol. The summed E-state index contributed by atoms with van der Waals surface area (Å²) in [6.07, 6.45) is 1.84. The maximum atomic E-state index is 12.3. The van der Waals surface area contributed by atoms with Gasteiger partial charge in [0.2, 0.25) is 5.91 Å². The van der Waals surface area contributed by atoms with Crippen molar-refractivity contribution < 1.29 is 9.53 Å². The third kappa shape index (κ3) is 5.67. The van der Waals surface area contributed by atoms with Crippen molar-refractivity contribution in [1.82, 2.24) is 5.43 Å². The molecule has 0 saturated carbocycles. The van der Waals surface area contributed by atoms with Crippen LogP contribution in [0, 0.1) is 0 Å². The summed E-state index contributed by atoms with van der Waals surface area (Å²) in [5.74, 6) is 0.460. The SMILES string of the molecule is O=C(Cc1ccc(Cl)cc1)N/N=C\c1c(OCc2ccc(Cl)cc2)ccc2ccccc12. The molecule has 0 aliphatic heterocycles. The molecule has 160 valence electrons. The molecule has 0 aromatic heterocycles. The molecule has 0 atom stereocenters. The summed E-state index contributed by atoms with van der Waals surface area (Å²) in [5.41, 5.74) is 5.25. The number of hydrogen-bond donors (Lipinski definition) is 1. The van der Waals surface area contributed by atoms with Gasteiger partial charge >= 0.3 is 0 Å². The molecule has 4 nitrogen and oxygen atoms in total. The number of rotatable bonds is 7. The largest absolute Gasteiger partial charge is 0.488 e. The zero-order valence-electron chi connectivity index (χ0n) is 17.1. The van der Waals surface area contributed by atoms with E-state index < -0.39 is 0 Å². The first-order valence-electron chi connectivity index (χ1n) is 10.0. The zero-order chi connectivity index (χ0) is 22.3. The molecule has 4 aromatic rings. The van der Waals surface area contributed by atoms with Gasteiger partial charge in [0, 0.05) is 15.6 Å². The molecule has 0 heterocycles. The molecule has 0 aliphatic carbocycles. The Kier molecular flexibility index (Phi) is 7.05. The number of carbonyl (C=O) groups is 1. The van der Waals surface area contributed by atoms with E-state index in [2.05, 4.69) is 10.5 Å². The monoisotopic (exact) mass is 462 g/mol. The van der Waals surface area contributed by atoms with Gasteiger partial charge in [-0.1, -0.05) is 77.8 Å². The van der Waals surface area contributed by atoms with Gasteiger partial charge in [0.1, 0.15) is 12.4 Å². The Morgan fingerprint density at radius 3 is 2.22 bits per heavy atom. The van der Waals surface area contributed by atoms with Crippen molar-refractivity contribution in [2.24, 2.45) is 5.10 Å². The standard InChI is InChI=1S/C26H20Cl2N2O2/c27-21-10-5-18(6-11-21)15-26(31)30-29-16-24-23-4-2-1-3-20(23)9-14-25(24)32-17-19-7-12-22(28)13-8-19/h1-14,16H,15,17H2,(H,30,31)/b29-16-. The van der Waals surface area contributed by atoms with E-state index in [1.54, 1.807) is 18.3 Å². The lowest BCUT2D eigenvalue weighted by Gasteiger charge is -2.12. The summed E-state index contributed by atoms with van der Waals surface area (Å²) in [7, 11) is 0. The second-order valence-corrected chi connectivity index (χ2v) is 8.08. The number of nitrogens with zero attached hydrogens (tertiary/aromatic N) is 1.